The van der Waals surface area contributed by atoms with Crippen molar-refractivity contribution in [3.8, 4) is 5.75 Å². The molecule has 1 fully saturated rings. The SMILES string of the molecule is Br.Oc1ccc(Cl)cc1C1CCNCC1. The van der Waals surface area contributed by atoms with Crippen LogP contribution in [0.2, 0.25) is 5.02 Å². The van der Waals surface area contributed by atoms with Crippen molar-refractivity contribution < 1.29 is 5.11 Å². The standard InChI is InChI=1S/C11H14ClNO.BrH/c12-9-1-2-11(14)10(7-9)8-3-5-13-6-4-8;/h1-2,7-8,13-14H,3-6H2;1H. The van der Waals surface area contributed by atoms with Crippen LogP contribution in [0.1, 0.15) is 24.3 Å². The molecular formula is C11H15BrClNO. The minimum atomic E-state index is 0. The van der Waals surface area contributed by atoms with E-state index < -0.39 is 0 Å². The van der Waals surface area contributed by atoms with Gasteiger partial charge in [-0.25, -0.2) is 0 Å². The first-order valence-corrected chi connectivity index (χ1v) is 5.34. The first kappa shape index (κ1) is 12.8. The molecule has 4 heteroatoms. The molecule has 84 valence electrons. The number of aromatic hydroxyl groups is 1. The molecule has 0 aliphatic carbocycles. The third kappa shape index (κ3) is 3.10. The van der Waals surface area contributed by atoms with E-state index in [1.54, 1.807) is 12.1 Å². The van der Waals surface area contributed by atoms with Gasteiger partial charge in [-0.05, 0) is 55.6 Å². The fraction of sp³-hybridized carbons (Fsp3) is 0.455. The maximum absolute atomic E-state index is 9.71. The molecule has 1 aliphatic heterocycles. The number of hydrogen-bond acceptors (Lipinski definition) is 2. The molecule has 1 aromatic rings. The minimum absolute atomic E-state index is 0. The lowest BCUT2D eigenvalue weighted by molar-refractivity contribution is 0.424. The highest BCUT2D eigenvalue weighted by Crippen LogP contribution is 2.33. The summed E-state index contributed by atoms with van der Waals surface area (Å²) in [6, 6.07) is 5.29. The summed E-state index contributed by atoms with van der Waals surface area (Å²) >= 11 is 5.91. The number of nitrogens with one attached hydrogen (secondary N) is 1. The summed E-state index contributed by atoms with van der Waals surface area (Å²) in [4.78, 5) is 0. The molecule has 0 spiro atoms. The zero-order valence-corrected chi connectivity index (χ0v) is 10.8. The Bertz CT molecular complexity index is 326. The van der Waals surface area contributed by atoms with E-state index in [1.807, 2.05) is 6.07 Å². The van der Waals surface area contributed by atoms with Crippen molar-refractivity contribution in [3.05, 3.63) is 28.8 Å². The Balaban J connectivity index is 0.00000112. The summed E-state index contributed by atoms with van der Waals surface area (Å²) in [7, 11) is 0. The number of rotatable bonds is 1. The summed E-state index contributed by atoms with van der Waals surface area (Å²) in [5.41, 5.74) is 0.999. The minimum Gasteiger partial charge on any atom is -0.508 e. The van der Waals surface area contributed by atoms with Gasteiger partial charge in [-0.1, -0.05) is 11.6 Å². The summed E-state index contributed by atoms with van der Waals surface area (Å²) in [6.07, 6.45) is 2.15. The van der Waals surface area contributed by atoms with E-state index in [4.69, 9.17) is 11.6 Å². The molecule has 1 heterocycles. The third-order valence-corrected chi connectivity index (χ3v) is 3.00. The van der Waals surface area contributed by atoms with Gasteiger partial charge in [0.2, 0.25) is 0 Å². The molecule has 0 atom stereocenters. The molecule has 2 nitrogen and oxygen atoms in total. The first-order valence-electron chi connectivity index (χ1n) is 4.96. The Morgan fingerprint density at radius 2 is 1.93 bits per heavy atom. The second-order valence-electron chi connectivity index (χ2n) is 3.73. The quantitative estimate of drug-likeness (QED) is 0.834. The Kier molecular flexibility index (Phi) is 4.90. The fourth-order valence-electron chi connectivity index (χ4n) is 1.99. The monoisotopic (exact) mass is 291 g/mol. The molecule has 1 aromatic carbocycles. The lowest BCUT2D eigenvalue weighted by atomic mass is 9.90. The predicted molar refractivity (Wildman–Crippen MR) is 68.3 cm³/mol. The summed E-state index contributed by atoms with van der Waals surface area (Å²) < 4.78 is 0. The van der Waals surface area contributed by atoms with E-state index in [2.05, 4.69) is 5.32 Å². The largest absolute Gasteiger partial charge is 0.508 e. The molecule has 2 N–H and O–H groups in total. The number of benzene rings is 1. The Morgan fingerprint density at radius 3 is 2.60 bits per heavy atom. The second kappa shape index (κ2) is 5.73. The van der Waals surface area contributed by atoms with Crippen molar-refractivity contribution in [2.75, 3.05) is 13.1 Å². The molecular weight excluding hydrogens is 277 g/mol. The number of hydrogen-bond donors (Lipinski definition) is 2. The number of phenols is 1. The van der Waals surface area contributed by atoms with Crippen LogP contribution < -0.4 is 5.32 Å². The Labute approximate surface area is 105 Å². The van der Waals surface area contributed by atoms with Gasteiger partial charge in [0.05, 0.1) is 0 Å². The van der Waals surface area contributed by atoms with Crippen molar-refractivity contribution >= 4 is 28.6 Å². The zero-order chi connectivity index (χ0) is 9.97. The molecule has 0 saturated carbocycles. The molecule has 0 aromatic heterocycles. The maximum Gasteiger partial charge on any atom is 0.119 e. The smallest absolute Gasteiger partial charge is 0.119 e. The zero-order valence-electron chi connectivity index (χ0n) is 8.37. The fourth-order valence-corrected chi connectivity index (χ4v) is 2.17. The van der Waals surface area contributed by atoms with Gasteiger partial charge in [0.15, 0.2) is 0 Å². The lowest BCUT2D eigenvalue weighted by Gasteiger charge is -2.23. The predicted octanol–water partition coefficient (Wildman–Crippen LogP) is 3.09. The summed E-state index contributed by atoms with van der Waals surface area (Å²) in [6.45, 7) is 2.05. The van der Waals surface area contributed by atoms with E-state index in [1.165, 1.54) is 0 Å². The van der Waals surface area contributed by atoms with Gasteiger partial charge >= 0.3 is 0 Å². The van der Waals surface area contributed by atoms with E-state index >= 15 is 0 Å². The van der Waals surface area contributed by atoms with Crippen LogP contribution in [0.4, 0.5) is 0 Å². The first-order chi connectivity index (χ1) is 6.77. The Hall–Kier alpha value is -0.250. The van der Waals surface area contributed by atoms with Crippen LogP contribution in [0.15, 0.2) is 18.2 Å². The van der Waals surface area contributed by atoms with Crippen molar-refractivity contribution in [1.29, 1.82) is 0 Å². The molecule has 1 aliphatic rings. The van der Waals surface area contributed by atoms with Gasteiger partial charge in [0.1, 0.15) is 5.75 Å². The van der Waals surface area contributed by atoms with Gasteiger partial charge in [0.25, 0.3) is 0 Å². The van der Waals surface area contributed by atoms with Crippen molar-refractivity contribution in [3.63, 3.8) is 0 Å². The molecule has 2 rings (SSSR count). The van der Waals surface area contributed by atoms with Crippen molar-refractivity contribution in [1.82, 2.24) is 5.32 Å². The van der Waals surface area contributed by atoms with Gasteiger partial charge in [-0.15, -0.1) is 17.0 Å². The average molecular weight is 293 g/mol. The second-order valence-corrected chi connectivity index (χ2v) is 4.16. The lowest BCUT2D eigenvalue weighted by Crippen LogP contribution is -2.26. The molecule has 1 saturated heterocycles. The van der Waals surface area contributed by atoms with Crippen LogP contribution in [0, 0.1) is 0 Å². The highest BCUT2D eigenvalue weighted by molar-refractivity contribution is 8.93. The van der Waals surface area contributed by atoms with Crippen LogP contribution in [0.25, 0.3) is 0 Å². The number of phenolic OH excluding ortho intramolecular Hbond substituents is 1. The van der Waals surface area contributed by atoms with E-state index in [9.17, 15) is 5.11 Å². The van der Waals surface area contributed by atoms with Crippen LogP contribution >= 0.6 is 28.6 Å². The molecule has 0 unspecified atom stereocenters. The van der Waals surface area contributed by atoms with Crippen LogP contribution in [0.5, 0.6) is 5.75 Å². The number of piperidine rings is 1. The molecule has 0 amide bonds. The summed E-state index contributed by atoms with van der Waals surface area (Å²) in [5.74, 6) is 0.830. The molecule has 0 bridgehead atoms. The maximum atomic E-state index is 9.71. The molecule has 15 heavy (non-hydrogen) atoms. The van der Waals surface area contributed by atoms with Gasteiger partial charge in [0, 0.05) is 5.02 Å². The number of halogens is 2. The van der Waals surface area contributed by atoms with Crippen molar-refractivity contribution in [2.45, 2.75) is 18.8 Å². The van der Waals surface area contributed by atoms with Gasteiger partial charge in [-0.3, -0.25) is 0 Å². The van der Waals surface area contributed by atoms with E-state index in [0.717, 1.165) is 31.5 Å². The van der Waals surface area contributed by atoms with Crippen molar-refractivity contribution in [2.24, 2.45) is 0 Å². The van der Waals surface area contributed by atoms with E-state index in [-0.39, 0.29) is 17.0 Å². The third-order valence-electron chi connectivity index (χ3n) is 2.77. The highest BCUT2D eigenvalue weighted by Gasteiger charge is 2.18. The normalized spacial score (nSPS) is 17.1. The highest BCUT2D eigenvalue weighted by atomic mass is 79.9. The Morgan fingerprint density at radius 1 is 1.27 bits per heavy atom. The van der Waals surface area contributed by atoms with Crippen LogP contribution in [-0.2, 0) is 0 Å². The topological polar surface area (TPSA) is 32.3 Å². The molecule has 0 radical (unpaired) electrons. The average Bonchev–Trinajstić information content (AvgIpc) is 2.23. The van der Waals surface area contributed by atoms with E-state index in [0.29, 0.717) is 16.7 Å². The van der Waals surface area contributed by atoms with Crippen LogP contribution in [0.3, 0.4) is 0 Å². The van der Waals surface area contributed by atoms with Crippen LogP contribution in [-0.4, -0.2) is 18.2 Å². The van der Waals surface area contributed by atoms with Gasteiger partial charge in [-0.2, -0.15) is 0 Å². The van der Waals surface area contributed by atoms with Gasteiger partial charge < -0.3 is 10.4 Å². The summed E-state index contributed by atoms with van der Waals surface area (Å²) in [5, 5.41) is 13.7.